The van der Waals surface area contributed by atoms with Gasteiger partial charge >= 0.3 is 0 Å². The number of likely N-dealkylation sites (N-methyl/N-ethyl adjacent to an activating group) is 1. The van der Waals surface area contributed by atoms with E-state index < -0.39 is 0 Å². The first-order chi connectivity index (χ1) is 9.28. The molecular weight excluding hydrogens is 238 g/mol. The van der Waals surface area contributed by atoms with E-state index in [-0.39, 0.29) is 5.91 Å². The maximum Gasteiger partial charge on any atom is 0.234 e. The van der Waals surface area contributed by atoms with Gasteiger partial charge in [-0.15, -0.1) is 0 Å². The van der Waals surface area contributed by atoms with Crippen molar-refractivity contribution < 1.29 is 4.79 Å². The zero-order valence-corrected chi connectivity index (χ0v) is 11.6. The van der Waals surface area contributed by atoms with E-state index in [1.165, 1.54) is 5.56 Å². The summed E-state index contributed by atoms with van der Waals surface area (Å²) >= 11 is 0. The van der Waals surface area contributed by atoms with Crippen LogP contribution in [0.5, 0.6) is 0 Å². The second kappa shape index (κ2) is 7.26. The number of likely N-dealkylation sites (tertiary alicyclic amines) is 1. The first-order valence-corrected chi connectivity index (χ1v) is 7.04. The lowest BCUT2D eigenvalue weighted by atomic mass is 10.2. The molecule has 0 radical (unpaired) electrons. The molecule has 1 heterocycles. The van der Waals surface area contributed by atoms with Gasteiger partial charge in [-0.05, 0) is 18.5 Å². The maximum absolute atomic E-state index is 11.6. The van der Waals surface area contributed by atoms with E-state index in [0.717, 1.165) is 32.6 Å². The molecule has 19 heavy (non-hydrogen) atoms. The van der Waals surface area contributed by atoms with Crippen LogP contribution < -0.4 is 10.6 Å². The fourth-order valence-electron chi connectivity index (χ4n) is 2.45. The van der Waals surface area contributed by atoms with Crippen LogP contribution in [0.25, 0.3) is 0 Å². The van der Waals surface area contributed by atoms with Crippen LogP contribution in [0.1, 0.15) is 18.9 Å². The molecule has 0 spiro atoms. The third-order valence-electron chi connectivity index (χ3n) is 3.42. The van der Waals surface area contributed by atoms with Gasteiger partial charge in [0, 0.05) is 25.7 Å². The topological polar surface area (TPSA) is 44.4 Å². The molecule has 1 saturated heterocycles. The van der Waals surface area contributed by atoms with Crippen molar-refractivity contribution in [2.45, 2.75) is 25.9 Å². The number of hydrogen-bond acceptors (Lipinski definition) is 3. The number of nitrogens with one attached hydrogen (secondary N) is 2. The molecule has 1 aromatic rings. The Hall–Kier alpha value is -1.39. The zero-order chi connectivity index (χ0) is 13.5. The van der Waals surface area contributed by atoms with E-state index >= 15 is 0 Å². The predicted molar refractivity (Wildman–Crippen MR) is 76.8 cm³/mol. The van der Waals surface area contributed by atoms with Crippen molar-refractivity contribution in [1.82, 2.24) is 15.5 Å². The molecule has 1 unspecified atom stereocenters. The number of benzene rings is 1. The highest BCUT2D eigenvalue weighted by Crippen LogP contribution is 2.13. The van der Waals surface area contributed by atoms with Gasteiger partial charge in [0.25, 0.3) is 0 Å². The Labute approximate surface area is 115 Å². The van der Waals surface area contributed by atoms with Gasteiger partial charge < -0.3 is 10.6 Å². The normalized spacial score (nSPS) is 19.5. The van der Waals surface area contributed by atoms with E-state index in [4.69, 9.17) is 0 Å². The van der Waals surface area contributed by atoms with E-state index in [0.29, 0.717) is 12.6 Å². The number of hydrogen-bond donors (Lipinski definition) is 2. The van der Waals surface area contributed by atoms with Crippen molar-refractivity contribution in [1.29, 1.82) is 0 Å². The Morgan fingerprint density at radius 1 is 1.37 bits per heavy atom. The van der Waals surface area contributed by atoms with Crippen LogP contribution in [-0.4, -0.2) is 43.0 Å². The molecule has 104 valence electrons. The molecule has 1 aromatic carbocycles. The third-order valence-corrected chi connectivity index (χ3v) is 3.42. The molecule has 1 aliphatic heterocycles. The van der Waals surface area contributed by atoms with Crippen molar-refractivity contribution in [2.24, 2.45) is 0 Å². The Morgan fingerprint density at radius 3 is 2.89 bits per heavy atom. The second-order valence-electron chi connectivity index (χ2n) is 5.05. The van der Waals surface area contributed by atoms with Crippen LogP contribution in [0.2, 0.25) is 0 Å². The molecule has 4 heteroatoms. The SMILES string of the molecule is CCNCC(=O)NC1CCN(Cc2ccccc2)C1. The third kappa shape index (κ3) is 4.65. The molecule has 1 aliphatic rings. The predicted octanol–water partition coefficient (Wildman–Crippen LogP) is 0.987. The van der Waals surface area contributed by atoms with Crippen LogP contribution in [0, 0.1) is 0 Å². The van der Waals surface area contributed by atoms with Crippen LogP contribution >= 0.6 is 0 Å². The Bertz CT molecular complexity index is 394. The average Bonchev–Trinajstić information content (AvgIpc) is 2.85. The Kier molecular flexibility index (Phi) is 5.36. The van der Waals surface area contributed by atoms with Crippen molar-refractivity contribution in [2.75, 3.05) is 26.2 Å². The number of nitrogens with zero attached hydrogens (tertiary/aromatic N) is 1. The Morgan fingerprint density at radius 2 is 2.16 bits per heavy atom. The zero-order valence-electron chi connectivity index (χ0n) is 11.6. The van der Waals surface area contributed by atoms with Gasteiger partial charge in [0.2, 0.25) is 5.91 Å². The first kappa shape index (κ1) is 14.0. The molecule has 1 fully saturated rings. The summed E-state index contributed by atoms with van der Waals surface area (Å²) in [5.41, 5.74) is 1.34. The minimum Gasteiger partial charge on any atom is -0.351 e. The van der Waals surface area contributed by atoms with Crippen LogP contribution in [0.4, 0.5) is 0 Å². The highest BCUT2D eigenvalue weighted by Gasteiger charge is 2.23. The van der Waals surface area contributed by atoms with E-state index in [9.17, 15) is 4.79 Å². The van der Waals surface area contributed by atoms with Crippen molar-refractivity contribution in [3.8, 4) is 0 Å². The van der Waals surface area contributed by atoms with Gasteiger partial charge in [-0.25, -0.2) is 0 Å². The summed E-state index contributed by atoms with van der Waals surface area (Å²) in [6.07, 6.45) is 1.05. The molecule has 0 saturated carbocycles. The molecule has 2 N–H and O–H groups in total. The molecular formula is C15H23N3O. The molecule has 4 nitrogen and oxygen atoms in total. The van der Waals surface area contributed by atoms with Crippen molar-refractivity contribution in [3.63, 3.8) is 0 Å². The van der Waals surface area contributed by atoms with Gasteiger partial charge in [-0.1, -0.05) is 37.3 Å². The summed E-state index contributed by atoms with van der Waals surface area (Å²) in [6.45, 7) is 6.24. The van der Waals surface area contributed by atoms with Gasteiger partial charge in [0.05, 0.1) is 6.54 Å². The highest BCUT2D eigenvalue weighted by molar-refractivity contribution is 5.78. The lowest BCUT2D eigenvalue weighted by Crippen LogP contribution is -2.41. The molecule has 1 amide bonds. The highest BCUT2D eigenvalue weighted by atomic mass is 16.2. The smallest absolute Gasteiger partial charge is 0.234 e. The number of amides is 1. The number of carbonyl (C=O) groups excluding carboxylic acids is 1. The standard InChI is InChI=1S/C15H23N3O/c1-2-16-10-15(19)17-14-8-9-18(12-14)11-13-6-4-3-5-7-13/h3-7,14,16H,2,8-12H2,1H3,(H,17,19). The largest absolute Gasteiger partial charge is 0.351 e. The average molecular weight is 261 g/mol. The first-order valence-electron chi connectivity index (χ1n) is 7.04. The summed E-state index contributed by atoms with van der Waals surface area (Å²) in [4.78, 5) is 14.0. The Balaban J connectivity index is 1.72. The van der Waals surface area contributed by atoms with Gasteiger partial charge in [0.15, 0.2) is 0 Å². The van der Waals surface area contributed by atoms with Gasteiger partial charge in [-0.3, -0.25) is 9.69 Å². The molecule has 1 atom stereocenters. The second-order valence-corrected chi connectivity index (χ2v) is 5.05. The minimum atomic E-state index is 0.105. The minimum absolute atomic E-state index is 0.105. The van der Waals surface area contributed by atoms with Crippen LogP contribution in [0.15, 0.2) is 30.3 Å². The number of rotatable bonds is 6. The van der Waals surface area contributed by atoms with E-state index in [1.54, 1.807) is 0 Å². The molecule has 0 aromatic heterocycles. The molecule has 2 rings (SSSR count). The van der Waals surface area contributed by atoms with E-state index in [1.807, 2.05) is 13.0 Å². The summed E-state index contributed by atoms with van der Waals surface area (Å²) in [5, 5.41) is 6.13. The summed E-state index contributed by atoms with van der Waals surface area (Å²) in [7, 11) is 0. The lowest BCUT2D eigenvalue weighted by Gasteiger charge is -2.16. The quantitative estimate of drug-likeness (QED) is 0.802. The van der Waals surface area contributed by atoms with Gasteiger partial charge in [0.1, 0.15) is 0 Å². The lowest BCUT2D eigenvalue weighted by molar-refractivity contribution is -0.120. The van der Waals surface area contributed by atoms with Crippen molar-refractivity contribution >= 4 is 5.91 Å². The summed E-state index contributed by atoms with van der Waals surface area (Å²) < 4.78 is 0. The van der Waals surface area contributed by atoms with Gasteiger partial charge in [-0.2, -0.15) is 0 Å². The van der Waals surface area contributed by atoms with Crippen molar-refractivity contribution in [3.05, 3.63) is 35.9 Å². The fraction of sp³-hybridized carbons (Fsp3) is 0.533. The molecule has 0 aliphatic carbocycles. The maximum atomic E-state index is 11.6. The molecule has 0 bridgehead atoms. The fourth-order valence-corrected chi connectivity index (χ4v) is 2.45. The monoisotopic (exact) mass is 261 g/mol. The number of carbonyl (C=O) groups is 1. The van der Waals surface area contributed by atoms with Crippen LogP contribution in [-0.2, 0) is 11.3 Å². The van der Waals surface area contributed by atoms with E-state index in [2.05, 4.69) is 39.8 Å². The summed E-state index contributed by atoms with van der Waals surface area (Å²) in [5.74, 6) is 0.105. The van der Waals surface area contributed by atoms with Crippen LogP contribution in [0.3, 0.4) is 0 Å². The summed E-state index contributed by atoms with van der Waals surface area (Å²) in [6, 6.07) is 10.8.